The predicted molar refractivity (Wildman–Crippen MR) is 120 cm³/mol. The highest BCUT2D eigenvalue weighted by Gasteiger charge is 2.29. The van der Waals surface area contributed by atoms with Crippen molar-refractivity contribution in [2.45, 2.75) is 50.3 Å². The normalized spacial score (nSPS) is 17.9. The molecule has 2 amide bonds. The van der Waals surface area contributed by atoms with Crippen LogP contribution in [0.25, 0.3) is 0 Å². The molecule has 1 atom stereocenters. The largest absolute Gasteiger partial charge is 0.376 e. The first-order valence-corrected chi connectivity index (χ1v) is 13.3. The number of carbonyl (C=O) groups is 2. The smallest absolute Gasteiger partial charge is 0.276 e. The number of anilines is 1. The van der Waals surface area contributed by atoms with E-state index < -0.39 is 20.9 Å². The van der Waals surface area contributed by atoms with Gasteiger partial charge in [-0.25, -0.2) is 18.4 Å². The molecule has 2 N–H and O–H groups in total. The van der Waals surface area contributed by atoms with Crippen molar-refractivity contribution in [1.82, 2.24) is 15.3 Å². The summed E-state index contributed by atoms with van der Waals surface area (Å²) in [7, 11) is -3.71. The quantitative estimate of drug-likeness (QED) is 0.561. The van der Waals surface area contributed by atoms with E-state index in [2.05, 4.69) is 20.6 Å². The third-order valence-corrected chi connectivity index (χ3v) is 8.48. The number of rotatable bonds is 7. The third-order valence-electron chi connectivity index (χ3n) is 5.48. The zero-order valence-electron chi connectivity index (χ0n) is 17.4. The Morgan fingerprint density at radius 2 is 2.09 bits per heavy atom. The molecule has 1 fully saturated rings. The Labute approximate surface area is 194 Å². The zero-order valence-corrected chi connectivity index (χ0v) is 19.8. The van der Waals surface area contributed by atoms with Crippen molar-refractivity contribution in [3.05, 3.63) is 32.9 Å². The van der Waals surface area contributed by atoms with Crippen LogP contribution in [0.4, 0.5) is 5.00 Å². The second kappa shape index (κ2) is 9.42. The Balaban J connectivity index is 1.59. The van der Waals surface area contributed by atoms with Crippen LogP contribution in [0.2, 0.25) is 5.02 Å². The van der Waals surface area contributed by atoms with Crippen LogP contribution in [-0.2, 0) is 27.4 Å². The molecule has 9 nitrogen and oxygen atoms in total. The average Bonchev–Trinajstić information content (AvgIpc) is 3.50. The lowest BCUT2D eigenvalue weighted by atomic mass is 10.1. The lowest BCUT2D eigenvalue weighted by Crippen LogP contribution is -2.32. The minimum atomic E-state index is -3.71. The number of ether oxygens (including phenoxy) is 1. The van der Waals surface area contributed by atoms with Crippen LogP contribution < -0.4 is 10.6 Å². The van der Waals surface area contributed by atoms with E-state index in [4.69, 9.17) is 16.3 Å². The van der Waals surface area contributed by atoms with E-state index in [9.17, 15) is 18.0 Å². The summed E-state index contributed by atoms with van der Waals surface area (Å²) in [5.74, 6) is -1.17. The number of sulfone groups is 1. The molecule has 3 heterocycles. The van der Waals surface area contributed by atoms with E-state index in [0.717, 1.165) is 48.7 Å². The van der Waals surface area contributed by atoms with Crippen molar-refractivity contribution < 1.29 is 22.7 Å². The summed E-state index contributed by atoms with van der Waals surface area (Å²) >= 11 is 7.43. The van der Waals surface area contributed by atoms with Crippen molar-refractivity contribution in [1.29, 1.82) is 0 Å². The Morgan fingerprint density at radius 1 is 1.28 bits per heavy atom. The number of aryl methyl sites for hydroxylation is 1. The van der Waals surface area contributed by atoms with E-state index in [-0.39, 0.29) is 28.5 Å². The van der Waals surface area contributed by atoms with Gasteiger partial charge in [-0.1, -0.05) is 18.5 Å². The molecule has 1 aliphatic heterocycles. The molecule has 12 heteroatoms. The molecule has 32 heavy (non-hydrogen) atoms. The third kappa shape index (κ3) is 4.66. The van der Waals surface area contributed by atoms with Gasteiger partial charge < -0.3 is 15.4 Å². The maximum Gasteiger partial charge on any atom is 0.276 e. The van der Waals surface area contributed by atoms with E-state index in [0.29, 0.717) is 23.7 Å². The highest BCUT2D eigenvalue weighted by molar-refractivity contribution is 7.91. The van der Waals surface area contributed by atoms with Gasteiger partial charge in [-0.3, -0.25) is 9.59 Å². The zero-order chi connectivity index (χ0) is 22.9. The molecule has 0 spiro atoms. The standard InChI is InChI=1S/C20H23ClN4O5S2/c1-2-32(28,29)20-23-10-13(21)16(24-20)18(27)25-19-15(12-6-3-7-14(12)31-19)17(26)22-9-11-5-4-8-30-11/h10-11H,2-9H2,1H3,(H,22,26)(H,25,27)/t11-/m1/s1. The van der Waals surface area contributed by atoms with E-state index >= 15 is 0 Å². The van der Waals surface area contributed by atoms with Crippen molar-refractivity contribution in [2.24, 2.45) is 0 Å². The highest BCUT2D eigenvalue weighted by Crippen LogP contribution is 2.39. The monoisotopic (exact) mass is 498 g/mol. The van der Waals surface area contributed by atoms with Gasteiger partial charge in [-0.2, -0.15) is 0 Å². The van der Waals surface area contributed by atoms with Gasteiger partial charge >= 0.3 is 0 Å². The number of fused-ring (bicyclic) bond motifs is 1. The molecule has 0 unspecified atom stereocenters. The first kappa shape index (κ1) is 23.1. The van der Waals surface area contributed by atoms with Gasteiger partial charge in [-0.15, -0.1) is 11.3 Å². The minimum Gasteiger partial charge on any atom is -0.376 e. The van der Waals surface area contributed by atoms with Crippen molar-refractivity contribution >= 4 is 49.6 Å². The number of amides is 2. The Kier molecular flexibility index (Phi) is 6.80. The SMILES string of the molecule is CCS(=O)(=O)c1ncc(Cl)c(C(=O)Nc2sc3c(c2C(=O)NC[C@H]2CCCO2)CCC3)n1. The van der Waals surface area contributed by atoms with Crippen molar-refractivity contribution in [3.63, 3.8) is 0 Å². The Morgan fingerprint density at radius 3 is 2.81 bits per heavy atom. The molecule has 0 radical (unpaired) electrons. The molecule has 1 aliphatic carbocycles. The number of nitrogens with one attached hydrogen (secondary N) is 2. The van der Waals surface area contributed by atoms with Crippen molar-refractivity contribution in [3.8, 4) is 0 Å². The van der Waals surface area contributed by atoms with Crippen LogP contribution in [0.5, 0.6) is 0 Å². The summed E-state index contributed by atoms with van der Waals surface area (Å²) in [6, 6.07) is 0. The molecule has 2 aromatic heterocycles. The van der Waals surface area contributed by atoms with Crippen LogP contribution in [0.1, 0.15) is 57.5 Å². The average molecular weight is 499 g/mol. The lowest BCUT2D eigenvalue weighted by molar-refractivity contribution is 0.0858. The number of thiophene rings is 1. The summed E-state index contributed by atoms with van der Waals surface area (Å²) in [4.78, 5) is 34.6. The maximum absolute atomic E-state index is 13.0. The summed E-state index contributed by atoms with van der Waals surface area (Å²) in [5.41, 5.74) is 1.13. The molecule has 0 saturated carbocycles. The maximum atomic E-state index is 13.0. The Hall–Kier alpha value is -2.08. The summed E-state index contributed by atoms with van der Waals surface area (Å²) in [5, 5.41) is 5.50. The first-order chi connectivity index (χ1) is 15.3. The van der Waals surface area contributed by atoms with Crippen LogP contribution in [0, 0.1) is 0 Å². The van der Waals surface area contributed by atoms with Crippen LogP contribution >= 0.6 is 22.9 Å². The number of halogens is 1. The van der Waals surface area contributed by atoms with Crippen molar-refractivity contribution in [2.75, 3.05) is 24.2 Å². The van der Waals surface area contributed by atoms with Gasteiger partial charge in [0.1, 0.15) is 5.00 Å². The molecule has 4 rings (SSSR count). The molecule has 2 aromatic rings. The Bertz CT molecular complexity index is 1160. The molecule has 0 aromatic carbocycles. The fourth-order valence-electron chi connectivity index (χ4n) is 3.78. The minimum absolute atomic E-state index is 0.00226. The number of hydrogen-bond acceptors (Lipinski definition) is 8. The summed E-state index contributed by atoms with van der Waals surface area (Å²) < 4.78 is 29.8. The molecular formula is C20H23ClN4O5S2. The predicted octanol–water partition coefficient (Wildman–Crippen LogP) is 2.63. The fraction of sp³-hybridized carbons (Fsp3) is 0.500. The van der Waals surface area contributed by atoms with E-state index in [1.807, 2.05) is 0 Å². The topological polar surface area (TPSA) is 127 Å². The summed E-state index contributed by atoms with van der Waals surface area (Å²) in [6.07, 6.45) is 5.54. The van der Waals surface area contributed by atoms with Crippen LogP contribution in [0.3, 0.4) is 0 Å². The number of aromatic nitrogens is 2. The number of nitrogens with zero attached hydrogens (tertiary/aromatic N) is 2. The van der Waals surface area contributed by atoms with Gasteiger partial charge in [0, 0.05) is 18.0 Å². The fourth-order valence-corrected chi connectivity index (χ4v) is 5.94. The van der Waals surface area contributed by atoms with Gasteiger partial charge in [-0.05, 0) is 37.7 Å². The second-order valence-electron chi connectivity index (χ2n) is 7.61. The lowest BCUT2D eigenvalue weighted by Gasteiger charge is -2.13. The molecule has 172 valence electrons. The molecule has 0 bridgehead atoms. The number of carbonyl (C=O) groups excluding carboxylic acids is 2. The molecule has 2 aliphatic rings. The summed E-state index contributed by atoms with van der Waals surface area (Å²) in [6.45, 7) is 2.57. The van der Waals surface area contributed by atoms with Crippen LogP contribution in [0.15, 0.2) is 11.4 Å². The second-order valence-corrected chi connectivity index (χ2v) is 11.3. The van der Waals surface area contributed by atoms with Gasteiger partial charge in [0.15, 0.2) is 5.69 Å². The van der Waals surface area contributed by atoms with Crippen LogP contribution in [-0.4, -0.2) is 55.2 Å². The first-order valence-electron chi connectivity index (χ1n) is 10.4. The molecule has 1 saturated heterocycles. The highest BCUT2D eigenvalue weighted by atomic mass is 35.5. The van der Waals surface area contributed by atoms with Gasteiger partial charge in [0.2, 0.25) is 15.0 Å². The van der Waals surface area contributed by atoms with E-state index in [1.165, 1.54) is 18.3 Å². The van der Waals surface area contributed by atoms with E-state index in [1.54, 1.807) is 0 Å². The molecular weight excluding hydrogens is 476 g/mol. The van der Waals surface area contributed by atoms with Gasteiger partial charge in [0.05, 0.1) is 28.6 Å². The number of hydrogen-bond donors (Lipinski definition) is 2. The van der Waals surface area contributed by atoms with Gasteiger partial charge in [0.25, 0.3) is 11.8 Å².